The molecule has 6 heteroatoms. The predicted molar refractivity (Wildman–Crippen MR) is 67.2 cm³/mol. The van der Waals surface area contributed by atoms with Gasteiger partial charge in [-0.2, -0.15) is 4.80 Å². The summed E-state index contributed by atoms with van der Waals surface area (Å²) in [4.78, 5) is 1.46. The van der Waals surface area contributed by atoms with Gasteiger partial charge in [-0.15, -0.1) is 10.2 Å². The van der Waals surface area contributed by atoms with Crippen molar-refractivity contribution < 1.29 is 4.74 Å². The van der Waals surface area contributed by atoms with Gasteiger partial charge >= 0.3 is 0 Å². The summed E-state index contributed by atoms with van der Waals surface area (Å²) in [6.07, 6.45) is 0.907. The third-order valence-corrected chi connectivity index (χ3v) is 2.60. The van der Waals surface area contributed by atoms with E-state index in [9.17, 15) is 0 Å². The van der Waals surface area contributed by atoms with Gasteiger partial charge in [0.25, 0.3) is 0 Å². The molecule has 1 heterocycles. The first-order chi connectivity index (χ1) is 8.79. The lowest BCUT2D eigenvalue weighted by molar-refractivity contribution is 0.409. The highest BCUT2D eigenvalue weighted by Gasteiger charge is 2.02. The Morgan fingerprint density at radius 3 is 2.89 bits per heavy atom. The van der Waals surface area contributed by atoms with Crippen molar-refractivity contribution in [2.45, 2.75) is 13.0 Å². The maximum absolute atomic E-state index is 5.30. The maximum Gasteiger partial charge on any atom is 0.188 e. The molecule has 0 bridgehead atoms. The van der Waals surface area contributed by atoms with Gasteiger partial charge in [0.1, 0.15) is 5.75 Å². The molecule has 0 spiro atoms. The molecule has 0 aliphatic heterocycles. The lowest BCUT2D eigenvalue weighted by atomic mass is 10.1. The maximum atomic E-state index is 5.30. The zero-order valence-electron chi connectivity index (χ0n) is 10.6. The Morgan fingerprint density at radius 1 is 1.33 bits per heavy atom. The number of methoxy groups -OCH3 is 1. The van der Waals surface area contributed by atoms with Crippen LogP contribution in [-0.4, -0.2) is 33.9 Å². The van der Waals surface area contributed by atoms with E-state index in [0.29, 0.717) is 12.4 Å². The first kappa shape index (κ1) is 12.5. The fourth-order valence-corrected chi connectivity index (χ4v) is 1.73. The molecule has 0 aliphatic rings. The number of nitrogens with one attached hydrogen (secondary N) is 1. The summed E-state index contributed by atoms with van der Waals surface area (Å²) in [5.41, 5.74) is 1.19. The van der Waals surface area contributed by atoms with Gasteiger partial charge in [-0.1, -0.05) is 18.2 Å². The fraction of sp³-hybridized carbons (Fsp3) is 0.417. The third kappa shape index (κ3) is 3.27. The number of tetrazole rings is 1. The van der Waals surface area contributed by atoms with Gasteiger partial charge in [-0.25, -0.2) is 0 Å². The van der Waals surface area contributed by atoms with E-state index < -0.39 is 0 Å². The highest BCUT2D eigenvalue weighted by molar-refractivity contribution is 5.33. The summed E-state index contributed by atoms with van der Waals surface area (Å²) in [7, 11) is 3.45. The number of ether oxygens (including phenoxy) is 1. The minimum absolute atomic E-state index is 0.628. The largest absolute Gasteiger partial charge is 0.496 e. The Hall–Kier alpha value is -1.95. The van der Waals surface area contributed by atoms with Crippen molar-refractivity contribution in [3.05, 3.63) is 35.7 Å². The number of nitrogens with zero attached hydrogens (tertiary/aromatic N) is 4. The van der Waals surface area contributed by atoms with E-state index in [4.69, 9.17) is 4.74 Å². The van der Waals surface area contributed by atoms with Crippen LogP contribution < -0.4 is 10.1 Å². The van der Waals surface area contributed by atoms with Crippen LogP contribution >= 0.6 is 0 Å². The van der Waals surface area contributed by atoms with E-state index in [1.807, 2.05) is 18.2 Å². The van der Waals surface area contributed by atoms with Crippen molar-refractivity contribution in [3.63, 3.8) is 0 Å². The van der Waals surface area contributed by atoms with Gasteiger partial charge in [0, 0.05) is 0 Å². The normalized spacial score (nSPS) is 10.6. The summed E-state index contributed by atoms with van der Waals surface area (Å²) in [5, 5.41) is 15.1. The quantitative estimate of drug-likeness (QED) is 0.755. The average Bonchev–Trinajstić information content (AvgIpc) is 2.81. The average molecular weight is 247 g/mol. The monoisotopic (exact) mass is 247 g/mol. The number of benzene rings is 1. The van der Waals surface area contributed by atoms with E-state index in [2.05, 4.69) is 26.8 Å². The van der Waals surface area contributed by atoms with Crippen LogP contribution in [0.1, 0.15) is 11.4 Å². The van der Waals surface area contributed by atoms with Crippen molar-refractivity contribution in [2.75, 3.05) is 13.7 Å². The van der Waals surface area contributed by atoms with Crippen LogP contribution in [0, 0.1) is 0 Å². The number of aromatic nitrogens is 4. The Bertz CT molecular complexity index is 497. The fourth-order valence-electron chi connectivity index (χ4n) is 1.73. The van der Waals surface area contributed by atoms with Crippen molar-refractivity contribution in [3.8, 4) is 5.75 Å². The molecule has 2 aromatic rings. The molecule has 96 valence electrons. The molecule has 0 unspecified atom stereocenters. The molecule has 1 aromatic heterocycles. The molecule has 0 radical (unpaired) electrons. The highest BCUT2D eigenvalue weighted by atomic mass is 16.5. The van der Waals surface area contributed by atoms with Crippen LogP contribution in [-0.2, 0) is 20.0 Å². The standard InChI is InChI=1S/C12H17N5O/c1-17-15-12(14-16-17)9-13-8-7-10-5-3-4-6-11(10)18-2/h3-6,13H,7-9H2,1-2H3. The molecule has 1 aromatic carbocycles. The number of para-hydroxylation sites is 1. The number of rotatable bonds is 6. The molecule has 1 N–H and O–H groups in total. The van der Waals surface area contributed by atoms with Crippen molar-refractivity contribution in [1.82, 2.24) is 25.5 Å². The predicted octanol–water partition coefficient (Wildman–Crippen LogP) is 0.551. The molecule has 0 fully saturated rings. The van der Waals surface area contributed by atoms with Crippen LogP contribution in [0.5, 0.6) is 5.75 Å². The van der Waals surface area contributed by atoms with Gasteiger partial charge in [0.05, 0.1) is 20.7 Å². The minimum atomic E-state index is 0.628. The zero-order valence-corrected chi connectivity index (χ0v) is 10.6. The van der Waals surface area contributed by atoms with E-state index >= 15 is 0 Å². The van der Waals surface area contributed by atoms with Crippen LogP contribution in [0.4, 0.5) is 0 Å². The molecule has 0 saturated carbocycles. The number of aryl methyl sites for hydroxylation is 1. The molecule has 2 rings (SSSR count). The summed E-state index contributed by atoms with van der Waals surface area (Å²) >= 11 is 0. The Kier molecular flexibility index (Phi) is 4.25. The van der Waals surface area contributed by atoms with Gasteiger partial charge < -0.3 is 10.1 Å². The minimum Gasteiger partial charge on any atom is -0.496 e. The summed E-state index contributed by atoms with van der Waals surface area (Å²) in [6, 6.07) is 8.03. The first-order valence-electron chi connectivity index (χ1n) is 5.85. The highest BCUT2D eigenvalue weighted by Crippen LogP contribution is 2.17. The third-order valence-electron chi connectivity index (χ3n) is 2.60. The Labute approximate surface area is 106 Å². The molecular weight excluding hydrogens is 230 g/mol. The number of hydrogen-bond donors (Lipinski definition) is 1. The summed E-state index contributed by atoms with van der Waals surface area (Å²) < 4.78 is 5.30. The van der Waals surface area contributed by atoms with E-state index in [1.165, 1.54) is 10.4 Å². The Morgan fingerprint density at radius 2 is 2.17 bits per heavy atom. The van der Waals surface area contributed by atoms with E-state index in [-0.39, 0.29) is 0 Å². The second kappa shape index (κ2) is 6.11. The zero-order chi connectivity index (χ0) is 12.8. The first-order valence-corrected chi connectivity index (χ1v) is 5.85. The van der Waals surface area contributed by atoms with Crippen LogP contribution in [0.3, 0.4) is 0 Å². The van der Waals surface area contributed by atoms with Crippen LogP contribution in [0.2, 0.25) is 0 Å². The van der Waals surface area contributed by atoms with Gasteiger partial charge in [-0.05, 0) is 29.8 Å². The summed E-state index contributed by atoms with van der Waals surface area (Å²) in [5.74, 6) is 1.63. The van der Waals surface area contributed by atoms with E-state index in [1.54, 1.807) is 14.2 Å². The molecule has 0 aliphatic carbocycles. The molecule has 6 nitrogen and oxygen atoms in total. The van der Waals surface area contributed by atoms with Crippen molar-refractivity contribution in [2.24, 2.45) is 7.05 Å². The van der Waals surface area contributed by atoms with Crippen LogP contribution in [0.25, 0.3) is 0 Å². The van der Waals surface area contributed by atoms with Crippen molar-refractivity contribution >= 4 is 0 Å². The lowest BCUT2D eigenvalue weighted by Crippen LogP contribution is -2.18. The molecule has 0 amide bonds. The van der Waals surface area contributed by atoms with Gasteiger partial charge in [0.15, 0.2) is 5.82 Å². The second-order valence-corrected chi connectivity index (χ2v) is 3.93. The van der Waals surface area contributed by atoms with Gasteiger partial charge in [0.2, 0.25) is 0 Å². The van der Waals surface area contributed by atoms with Crippen molar-refractivity contribution in [1.29, 1.82) is 0 Å². The number of hydrogen-bond acceptors (Lipinski definition) is 5. The molecule has 0 atom stereocenters. The summed E-state index contributed by atoms with van der Waals surface area (Å²) in [6.45, 7) is 1.47. The van der Waals surface area contributed by atoms with Crippen LogP contribution in [0.15, 0.2) is 24.3 Å². The molecule has 18 heavy (non-hydrogen) atoms. The SMILES string of the molecule is COc1ccccc1CCNCc1nnn(C)n1. The topological polar surface area (TPSA) is 64.9 Å². The lowest BCUT2D eigenvalue weighted by Gasteiger charge is -2.07. The Balaban J connectivity index is 1.78. The molecule has 0 saturated heterocycles. The molecular formula is C12H17N5O. The van der Waals surface area contributed by atoms with Gasteiger partial charge in [-0.3, -0.25) is 0 Å². The van der Waals surface area contributed by atoms with E-state index in [0.717, 1.165) is 18.7 Å². The second-order valence-electron chi connectivity index (χ2n) is 3.93. The smallest absolute Gasteiger partial charge is 0.188 e.